The molecule has 16 heavy (non-hydrogen) atoms. The lowest BCUT2D eigenvalue weighted by Gasteiger charge is -2.30. The van der Waals surface area contributed by atoms with Gasteiger partial charge >= 0.3 is 0 Å². The third-order valence-electron chi connectivity index (χ3n) is 2.88. The zero-order chi connectivity index (χ0) is 12.2. The Kier molecular flexibility index (Phi) is 4.51. The van der Waals surface area contributed by atoms with Gasteiger partial charge in [0.2, 0.25) is 0 Å². The molecule has 1 aromatic rings. The molecular weight excluding hydrogens is 196 g/mol. The molecule has 0 amide bonds. The molecule has 0 radical (unpaired) electrons. The number of hydrogen-bond acceptors (Lipinski definition) is 2. The van der Waals surface area contributed by atoms with Crippen molar-refractivity contribution in [2.24, 2.45) is 5.73 Å². The van der Waals surface area contributed by atoms with Gasteiger partial charge in [0.25, 0.3) is 0 Å². The van der Waals surface area contributed by atoms with Crippen molar-refractivity contribution in [3.05, 3.63) is 35.4 Å². The number of nitrogens with one attached hydrogen (secondary N) is 1. The maximum Gasteiger partial charge on any atom is 0.0495 e. The van der Waals surface area contributed by atoms with Gasteiger partial charge in [-0.1, -0.05) is 37.6 Å². The Balaban J connectivity index is 2.87. The Hall–Kier alpha value is -0.860. The Morgan fingerprint density at radius 3 is 2.19 bits per heavy atom. The lowest BCUT2D eigenvalue weighted by molar-refractivity contribution is 0.370. The summed E-state index contributed by atoms with van der Waals surface area (Å²) in [6.45, 7) is 6.30. The standard InChI is InChI=1S/C14H24N2/c1-5-6-11-7-9-12(10-8-11)13(16-4)14(2,3)15/h7-10,13,16H,5-6,15H2,1-4H3. The first-order valence-electron chi connectivity index (χ1n) is 6.04. The lowest BCUT2D eigenvalue weighted by Crippen LogP contribution is -2.45. The maximum absolute atomic E-state index is 6.16. The van der Waals surface area contributed by atoms with Crippen molar-refractivity contribution in [2.75, 3.05) is 7.05 Å². The average molecular weight is 220 g/mol. The van der Waals surface area contributed by atoms with Gasteiger partial charge in [-0.15, -0.1) is 0 Å². The SMILES string of the molecule is CCCc1ccc(C(NC)C(C)(C)N)cc1. The third kappa shape index (κ3) is 3.32. The molecule has 2 nitrogen and oxygen atoms in total. The lowest BCUT2D eigenvalue weighted by atomic mass is 9.89. The van der Waals surface area contributed by atoms with Crippen LogP contribution in [0, 0.1) is 0 Å². The van der Waals surface area contributed by atoms with Crippen LogP contribution >= 0.6 is 0 Å². The molecule has 0 aliphatic carbocycles. The normalized spacial score (nSPS) is 13.8. The predicted molar refractivity (Wildman–Crippen MR) is 70.5 cm³/mol. The van der Waals surface area contributed by atoms with Gasteiger partial charge in [-0.25, -0.2) is 0 Å². The van der Waals surface area contributed by atoms with Crippen molar-refractivity contribution in [1.82, 2.24) is 5.32 Å². The van der Waals surface area contributed by atoms with E-state index in [2.05, 4.69) is 36.5 Å². The smallest absolute Gasteiger partial charge is 0.0495 e. The minimum atomic E-state index is -0.249. The first-order chi connectivity index (χ1) is 7.49. The monoisotopic (exact) mass is 220 g/mol. The molecule has 0 aliphatic heterocycles. The van der Waals surface area contributed by atoms with Crippen LogP contribution in [0.4, 0.5) is 0 Å². The van der Waals surface area contributed by atoms with Crippen molar-refractivity contribution >= 4 is 0 Å². The first kappa shape index (κ1) is 13.2. The highest BCUT2D eigenvalue weighted by Gasteiger charge is 2.24. The average Bonchev–Trinajstić information content (AvgIpc) is 2.20. The Labute approximate surface area is 99.2 Å². The van der Waals surface area contributed by atoms with Crippen LogP contribution in [0.5, 0.6) is 0 Å². The second-order valence-electron chi connectivity index (χ2n) is 5.03. The summed E-state index contributed by atoms with van der Waals surface area (Å²) in [6.07, 6.45) is 2.34. The number of aryl methyl sites for hydroxylation is 1. The van der Waals surface area contributed by atoms with Gasteiger partial charge in [-0.2, -0.15) is 0 Å². The number of nitrogens with two attached hydrogens (primary N) is 1. The van der Waals surface area contributed by atoms with E-state index in [1.54, 1.807) is 0 Å². The first-order valence-corrected chi connectivity index (χ1v) is 6.04. The third-order valence-corrected chi connectivity index (χ3v) is 2.88. The highest BCUT2D eigenvalue weighted by atomic mass is 14.9. The van der Waals surface area contributed by atoms with Crippen molar-refractivity contribution in [3.8, 4) is 0 Å². The predicted octanol–water partition coefficient (Wildman–Crippen LogP) is 2.64. The maximum atomic E-state index is 6.16. The summed E-state index contributed by atoms with van der Waals surface area (Å²) >= 11 is 0. The van der Waals surface area contributed by atoms with E-state index in [0.717, 1.165) is 6.42 Å². The van der Waals surface area contributed by atoms with Crippen LogP contribution in [-0.4, -0.2) is 12.6 Å². The van der Waals surface area contributed by atoms with Crippen molar-refractivity contribution in [2.45, 2.75) is 45.2 Å². The number of rotatable bonds is 5. The van der Waals surface area contributed by atoms with Gasteiger partial charge in [0, 0.05) is 11.6 Å². The molecule has 1 aromatic carbocycles. The molecule has 1 rings (SSSR count). The molecule has 0 aliphatic rings. The van der Waals surface area contributed by atoms with Crippen molar-refractivity contribution < 1.29 is 0 Å². The van der Waals surface area contributed by atoms with Crippen LogP contribution in [0.2, 0.25) is 0 Å². The Morgan fingerprint density at radius 2 is 1.81 bits per heavy atom. The van der Waals surface area contributed by atoms with E-state index >= 15 is 0 Å². The molecule has 1 atom stereocenters. The van der Waals surface area contributed by atoms with Crippen molar-refractivity contribution in [1.29, 1.82) is 0 Å². The molecule has 0 spiro atoms. The largest absolute Gasteiger partial charge is 0.324 e. The van der Waals surface area contributed by atoms with Crippen LogP contribution in [-0.2, 0) is 6.42 Å². The molecule has 3 N–H and O–H groups in total. The van der Waals surface area contributed by atoms with E-state index < -0.39 is 0 Å². The minimum absolute atomic E-state index is 0.197. The Morgan fingerprint density at radius 1 is 1.25 bits per heavy atom. The van der Waals surface area contributed by atoms with Gasteiger partial charge < -0.3 is 11.1 Å². The molecule has 0 bridgehead atoms. The van der Waals surface area contributed by atoms with E-state index in [1.165, 1.54) is 17.5 Å². The molecule has 0 saturated carbocycles. The number of benzene rings is 1. The highest BCUT2D eigenvalue weighted by Crippen LogP contribution is 2.23. The van der Waals surface area contributed by atoms with E-state index in [4.69, 9.17) is 5.73 Å². The second kappa shape index (κ2) is 5.46. The summed E-state index contributed by atoms with van der Waals surface area (Å²) in [6, 6.07) is 8.97. The van der Waals surface area contributed by atoms with Gasteiger partial charge in [0.15, 0.2) is 0 Å². The van der Waals surface area contributed by atoms with Gasteiger partial charge in [0.05, 0.1) is 0 Å². The van der Waals surface area contributed by atoms with E-state index in [1.807, 2.05) is 20.9 Å². The zero-order valence-corrected chi connectivity index (χ0v) is 10.9. The van der Waals surface area contributed by atoms with E-state index in [9.17, 15) is 0 Å². The van der Waals surface area contributed by atoms with Crippen LogP contribution in [0.1, 0.15) is 44.4 Å². The van der Waals surface area contributed by atoms with Gasteiger partial charge in [0.1, 0.15) is 0 Å². The van der Waals surface area contributed by atoms with Crippen LogP contribution in [0.15, 0.2) is 24.3 Å². The van der Waals surface area contributed by atoms with Crippen LogP contribution in [0.3, 0.4) is 0 Å². The second-order valence-corrected chi connectivity index (χ2v) is 5.03. The Bertz CT molecular complexity index is 309. The number of likely N-dealkylation sites (N-methyl/N-ethyl adjacent to an activating group) is 1. The quantitative estimate of drug-likeness (QED) is 0.800. The highest BCUT2D eigenvalue weighted by molar-refractivity contribution is 5.27. The fourth-order valence-corrected chi connectivity index (χ4v) is 2.13. The summed E-state index contributed by atoms with van der Waals surface area (Å²) in [5.41, 5.74) is 8.57. The zero-order valence-electron chi connectivity index (χ0n) is 10.9. The molecule has 0 saturated heterocycles. The van der Waals surface area contributed by atoms with E-state index in [-0.39, 0.29) is 11.6 Å². The summed E-state index contributed by atoms with van der Waals surface area (Å²) in [5, 5.41) is 3.28. The fourth-order valence-electron chi connectivity index (χ4n) is 2.13. The molecule has 90 valence electrons. The van der Waals surface area contributed by atoms with Crippen molar-refractivity contribution in [3.63, 3.8) is 0 Å². The molecular formula is C14H24N2. The molecule has 0 fully saturated rings. The summed E-state index contributed by atoms with van der Waals surface area (Å²) in [7, 11) is 1.96. The van der Waals surface area contributed by atoms with Crippen LogP contribution < -0.4 is 11.1 Å². The van der Waals surface area contributed by atoms with Gasteiger partial charge in [-0.05, 0) is 38.4 Å². The topological polar surface area (TPSA) is 38.0 Å². The molecule has 2 heteroatoms. The number of hydrogen-bond donors (Lipinski definition) is 2. The minimum Gasteiger partial charge on any atom is -0.324 e. The molecule has 1 unspecified atom stereocenters. The summed E-state index contributed by atoms with van der Waals surface area (Å²) in [5.74, 6) is 0. The summed E-state index contributed by atoms with van der Waals surface area (Å²) < 4.78 is 0. The van der Waals surface area contributed by atoms with E-state index in [0.29, 0.717) is 0 Å². The molecule has 0 heterocycles. The molecule has 0 aromatic heterocycles. The fraction of sp³-hybridized carbons (Fsp3) is 0.571. The van der Waals surface area contributed by atoms with Gasteiger partial charge in [-0.3, -0.25) is 0 Å². The summed E-state index contributed by atoms with van der Waals surface area (Å²) in [4.78, 5) is 0. The van der Waals surface area contributed by atoms with Crippen LogP contribution in [0.25, 0.3) is 0 Å².